The number of piperidine rings is 1. The minimum absolute atomic E-state index is 0.215. The van der Waals surface area contributed by atoms with E-state index in [0.717, 1.165) is 30.1 Å². The molecule has 0 aromatic carbocycles. The van der Waals surface area contributed by atoms with Crippen molar-refractivity contribution in [3.8, 4) is 10.7 Å². The van der Waals surface area contributed by atoms with E-state index in [0.29, 0.717) is 23.8 Å². The Kier molecular flexibility index (Phi) is 4.73. The molecule has 2 aromatic heterocycles. The lowest BCUT2D eigenvalue weighted by Crippen LogP contribution is -2.42. The number of carbonyl (C=O) groups excluding carboxylic acids is 1. The highest BCUT2D eigenvalue weighted by molar-refractivity contribution is 7.71. The zero-order valence-electron chi connectivity index (χ0n) is 12.6. The molecular weight excluding hydrogens is 316 g/mol. The Morgan fingerprint density at radius 3 is 3.14 bits per heavy atom. The Labute approximate surface area is 139 Å². The molecule has 1 saturated heterocycles. The van der Waals surface area contributed by atoms with Crippen LogP contribution in [0.3, 0.4) is 0 Å². The first-order chi connectivity index (χ1) is 10.7. The number of nitrogens with one attached hydrogen (secondary N) is 1. The summed E-state index contributed by atoms with van der Waals surface area (Å²) in [4.78, 5) is 15.5. The number of hydrogen-bond donors (Lipinski definition) is 1. The number of nitrogens with zero attached hydrogens (tertiary/aromatic N) is 3. The molecule has 1 aliphatic rings. The molecule has 1 atom stereocenters. The van der Waals surface area contributed by atoms with Crippen LogP contribution in [-0.4, -0.2) is 38.2 Å². The summed E-state index contributed by atoms with van der Waals surface area (Å²) in [7, 11) is 0. The summed E-state index contributed by atoms with van der Waals surface area (Å²) >= 11 is 6.92. The molecule has 22 heavy (non-hydrogen) atoms. The van der Waals surface area contributed by atoms with E-state index in [-0.39, 0.29) is 5.91 Å². The van der Waals surface area contributed by atoms with E-state index in [1.807, 2.05) is 27.0 Å². The number of aromatic amines is 1. The molecule has 118 valence electrons. The van der Waals surface area contributed by atoms with E-state index < -0.39 is 0 Å². The van der Waals surface area contributed by atoms with Crippen LogP contribution in [0.5, 0.6) is 0 Å². The molecule has 5 nitrogen and oxygen atoms in total. The molecule has 1 fully saturated rings. The van der Waals surface area contributed by atoms with Gasteiger partial charge in [0.2, 0.25) is 5.91 Å². The summed E-state index contributed by atoms with van der Waals surface area (Å²) in [5, 5.41) is 9.14. The van der Waals surface area contributed by atoms with Crippen LogP contribution in [0.4, 0.5) is 0 Å². The molecule has 1 unspecified atom stereocenters. The molecule has 1 amide bonds. The summed E-state index contributed by atoms with van der Waals surface area (Å²) < 4.78 is 2.50. The first kappa shape index (κ1) is 15.4. The second kappa shape index (κ2) is 6.75. The minimum Gasteiger partial charge on any atom is -0.340 e. The number of thiophene rings is 1. The maximum atomic E-state index is 12.5. The van der Waals surface area contributed by atoms with Crippen molar-refractivity contribution >= 4 is 29.5 Å². The quantitative estimate of drug-likeness (QED) is 0.870. The molecular formula is C15H20N4OS2. The van der Waals surface area contributed by atoms with Crippen LogP contribution in [0.15, 0.2) is 17.5 Å². The average molecular weight is 336 g/mol. The first-order valence-corrected chi connectivity index (χ1v) is 8.94. The van der Waals surface area contributed by atoms with Gasteiger partial charge in [-0.25, -0.2) is 0 Å². The predicted molar refractivity (Wildman–Crippen MR) is 90.4 cm³/mol. The molecule has 3 rings (SSSR count). The lowest BCUT2D eigenvalue weighted by molar-refractivity contribution is -0.134. The van der Waals surface area contributed by atoms with E-state index in [1.54, 1.807) is 11.3 Å². The SMILES string of the molecule is CC1CCCCN1C(=O)CCn1c(-c2cccs2)n[nH]c1=S. The van der Waals surface area contributed by atoms with Gasteiger partial charge in [0, 0.05) is 25.6 Å². The Balaban J connectivity index is 1.70. The molecule has 0 saturated carbocycles. The highest BCUT2D eigenvalue weighted by Gasteiger charge is 2.23. The molecule has 7 heteroatoms. The van der Waals surface area contributed by atoms with Gasteiger partial charge in [0.05, 0.1) is 4.88 Å². The standard InChI is InChI=1S/C15H20N4OS2/c1-11-5-2-3-8-18(11)13(20)7-9-19-14(16-17-15(19)21)12-6-4-10-22-12/h4,6,10-11H,2-3,5,7-9H2,1H3,(H,17,21). The van der Waals surface area contributed by atoms with Crippen molar-refractivity contribution in [2.24, 2.45) is 0 Å². The maximum Gasteiger partial charge on any atom is 0.224 e. The van der Waals surface area contributed by atoms with Crippen LogP contribution in [0.2, 0.25) is 0 Å². The van der Waals surface area contributed by atoms with Crippen molar-refractivity contribution < 1.29 is 4.79 Å². The van der Waals surface area contributed by atoms with E-state index in [9.17, 15) is 4.79 Å². The lowest BCUT2D eigenvalue weighted by atomic mass is 10.0. The van der Waals surface area contributed by atoms with Gasteiger partial charge in [-0.3, -0.25) is 14.5 Å². The summed E-state index contributed by atoms with van der Waals surface area (Å²) in [6, 6.07) is 4.36. The van der Waals surface area contributed by atoms with Crippen molar-refractivity contribution in [2.75, 3.05) is 6.54 Å². The normalized spacial score (nSPS) is 18.6. The molecule has 1 N–H and O–H groups in total. The minimum atomic E-state index is 0.215. The van der Waals surface area contributed by atoms with Crippen molar-refractivity contribution in [3.63, 3.8) is 0 Å². The second-order valence-electron chi connectivity index (χ2n) is 5.66. The van der Waals surface area contributed by atoms with Gasteiger partial charge in [-0.05, 0) is 49.9 Å². The molecule has 0 bridgehead atoms. The summed E-state index contributed by atoms with van der Waals surface area (Å²) in [5.41, 5.74) is 0. The number of aromatic nitrogens is 3. The third-order valence-corrected chi connectivity index (χ3v) is 5.35. The fraction of sp³-hybridized carbons (Fsp3) is 0.533. The van der Waals surface area contributed by atoms with Crippen molar-refractivity contribution in [2.45, 2.75) is 45.2 Å². The fourth-order valence-electron chi connectivity index (χ4n) is 2.94. The topological polar surface area (TPSA) is 53.9 Å². The molecule has 0 radical (unpaired) electrons. The van der Waals surface area contributed by atoms with Crippen LogP contribution in [0.25, 0.3) is 10.7 Å². The van der Waals surface area contributed by atoms with Crippen LogP contribution in [-0.2, 0) is 11.3 Å². The van der Waals surface area contributed by atoms with Gasteiger partial charge in [-0.2, -0.15) is 5.10 Å². The van der Waals surface area contributed by atoms with Crippen LogP contribution < -0.4 is 0 Å². The van der Waals surface area contributed by atoms with E-state index >= 15 is 0 Å². The Morgan fingerprint density at radius 1 is 1.55 bits per heavy atom. The zero-order chi connectivity index (χ0) is 15.5. The van der Waals surface area contributed by atoms with Gasteiger partial charge >= 0.3 is 0 Å². The van der Waals surface area contributed by atoms with Gasteiger partial charge in [0.15, 0.2) is 10.6 Å². The van der Waals surface area contributed by atoms with Gasteiger partial charge in [-0.1, -0.05) is 6.07 Å². The third kappa shape index (κ3) is 3.15. The Bertz CT molecular complexity index is 689. The van der Waals surface area contributed by atoms with Gasteiger partial charge in [0.1, 0.15) is 0 Å². The smallest absolute Gasteiger partial charge is 0.224 e. The Morgan fingerprint density at radius 2 is 2.41 bits per heavy atom. The molecule has 2 aromatic rings. The number of amides is 1. The number of H-pyrrole nitrogens is 1. The predicted octanol–water partition coefficient (Wildman–Crippen LogP) is 3.46. The van der Waals surface area contributed by atoms with Crippen LogP contribution in [0.1, 0.15) is 32.6 Å². The molecule has 0 spiro atoms. The fourth-order valence-corrected chi connectivity index (χ4v) is 3.88. The summed E-state index contributed by atoms with van der Waals surface area (Å²) in [6.45, 7) is 3.59. The first-order valence-electron chi connectivity index (χ1n) is 7.65. The maximum absolute atomic E-state index is 12.5. The number of rotatable bonds is 4. The van der Waals surface area contributed by atoms with Gasteiger partial charge in [0.25, 0.3) is 0 Å². The van der Waals surface area contributed by atoms with Crippen molar-refractivity contribution in [3.05, 3.63) is 22.3 Å². The van der Waals surface area contributed by atoms with Gasteiger partial charge in [-0.15, -0.1) is 11.3 Å². The highest BCUT2D eigenvalue weighted by atomic mass is 32.1. The van der Waals surface area contributed by atoms with E-state index in [2.05, 4.69) is 17.1 Å². The van der Waals surface area contributed by atoms with Crippen LogP contribution >= 0.6 is 23.6 Å². The zero-order valence-corrected chi connectivity index (χ0v) is 14.3. The second-order valence-corrected chi connectivity index (χ2v) is 7.00. The highest BCUT2D eigenvalue weighted by Crippen LogP contribution is 2.23. The number of likely N-dealkylation sites (tertiary alicyclic amines) is 1. The Hall–Kier alpha value is -1.47. The van der Waals surface area contributed by atoms with Crippen LogP contribution in [0, 0.1) is 4.77 Å². The lowest BCUT2D eigenvalue weighted by Gasteiger charge is -2.33. The number of hydrogen-bond acceptors (Lipinski definition) is 4. The average Bonchev–Trinajstić information content (AvgIpc) is 3.15. The van der Waals surface area contributed by atoms with E-state index in [1.165, 1.54) is 6.42 Å². The monoisotopic (exact) mass is 336 g/mol. The molecule has 1 aliphatic heterocycles. The number of carbonyl (C=O) groups is 1. The molecule has 0 aliphatic carbocycles. The largest absolute Gasteiger partial charge is 0.340 e. The molecule has 3 heterocycles. The summed E-state index contributed by atoms with van der Waals surface area (Å²) in [6.07, 6.45) is 3.91. The van der Waals surface area contributed by atoms with Crippen molar-refractivity contribution in [1.29, 1.82) is 0 Å². The van der Waals surface area contributed by atoms with Crippen molar-refractivity contribution in [1.82, 2.24) is 19.7 Å². The van der Waals surface area contributed by atoms with Gasteiger partial charge < -0.3 is 4.90 Å². The van der Waals surface area contributed by atoms with E-state index in [4.69, 9.17) is 12.2 Å². The third-order valence-electron chi connectivity index (χ3n) is 4.17. The summed E-state index contributed by atoms with van der Waals surface area (Å²) in [5.74, 6) is 1.03.